The van der Waals surface area contributed by atoms with Crippen LogP contribution in [0.3, 0.4) is 0 Å². The number of allylic oxidation sites excluding steroid dienone is 2. The average molecular weight is 455 g/mol. The van der Waals surface area contributed by atoms with Crippen LogP contribution in [-0.2, 0) is 0 Å². The summed E-state index contributed by atoms with van der Waals surface area (Å²) in [4.78, 5) is 25.0. The minimum absolute atomic E-state index is 0.0759. The topological polar surface area (TPSA) is 54.4 Å². The fourth-order valence-electron chi connectivity index (χ4n) is 4.89. The van der Waals surface area contributed by atoms with E-state index in [-0.39, 0.29) is 11.6 Å². The Morgan fingerprint density at radius 3 is 1.94 bits per heavy atom. The number of carbonyl (C=O) groups excluding carboxylic acids is 2. The summed E-state index contributed by atoms with van der Waals surface area (Å²) in [6.07, 6.45) is 13.2. The van der Waals surface area contributed by atoms with Gasteiger partial charge in [-0.25, -0.2) is 0 Å². The van der Waals surface area contributed by atoms with E-state index in [4.69, 9.17) is 0 Å². The number of Topliss-reactive ketones (excluding diaryl/α,β-unsaturated/α-hetero) is 1. The molecule has 1 aromatic rings. The van der Waals surface area contributed by atoms with Crippen LogP contribution in [0, 0.1) is 17.8 Å². The number of rotatable bonds is 15. The molecule has 3 atom stereocenters. The van der Waals surface area contributed by atoms with Gasteiger partial charge < -0.3 is 5.11 Å². The van der Waals surface area contributed by atoms with Gasteiger partial charge in [0.1, 0.15) is 0 Å². The molecule has 0 amide bonds. The van der Waals surface area contributed by atoms with E-state index in [1.807, 2.05) is 6.92 Å². The molecule has 0 bridgehead atoms. The molecule has 33 heavy (non-hydrogen) atoms. The molecule has 184 valence electrons. The molecule has 3 heteroatoms. The largest absolute Gasteiger partial charge is 0.390 e. The van der Waals surface area contributed by atoms with Crippen LogP contribution in [0.1, 0.15) is 126 Å². The highest BCUT2D eigenvalue weighted by Gasteiger charge is 2.27. The highest BCUT2D eigenvalue weighted by Crippen LogP contribution is 2.29. The van der Waals surface area contributed by atoms with E-state index in [0.717, 1.165) is 31.1 Å². The van der Waals surface area contributed by atoms with Gasteiger partial charge in [0.2, 0.25) is 0 Å². The Bertz CT molecular complexity index is 803. The number of ketones is 2. The zero-order valence-electron chi connectivity index (χ0n) is 21.7. The summed E-state index contributed by atoms with van der Waals surface area (Å²) in [6.45, 7) is 11.2. The van der Waals surface area contributed by atoms with Crippen molar-refractivity contribution in [3.8, 4) is 0 Å². The van der Waals surface area contributed by atoms with Crippen molar-refractivity contribution in [2.75, 3.05) is 0 Å². The number of hydrogen-bond donors (Lipinski definition) is 1. The van der Waals surface area contributed by atoms with Crippen molar-refractivity contribution >= 4 is 11.6 Å². The molecule has 1 N–H and O–H groups in total. The fourth-order valence-corrected chi connectivity index (χ4v) is 4.89. The average Bonchev–Trinajstić information content (AvgIpc) is 2.75. The zero-order valence-corrected chi connectivity index (χ0v) is 21.7. The Morgan fingerprint density at radius 2 is 1.33 bits per heavy atom. The molecule has 0 saturated heterocycles. The van der Waals surface area contributed by atoms with Gasteiger partial charge in [0.25, 0.3) is 0 Å². The number of carbonyl (C=O) groups is 2. The van der Waals surface area contributed by atoms with E-state index in [1.54, 1.807) is 24.3 Å². The monoisotopic (exact) mass is 454 g/mol. The molecule has 1 aromatic carbocycles. The first-order valence-electron chi connectivity index (χ1n) is 13.2. The van der Waals surface area contributed by atoms with Gasteiger partial charge in [-0.3, -0.25) is 9.59 Å². The highest BCUT2D eigenvalue weighted by atomic mass is 16.3. The molecule has 3 unspecified atom stereocenters. The van der Waals surface area contributed by atoms with Crippen molar-refractivity contribution in [2.24, 2.45) is 17.8 Å². The fraction of sp³-hybridized carbons (Fsp3) is 0.667. The van der Waals surface area contributed by atoms with E-state index < -0.39 is 5.60 Å². The highest BCUT2D eigenvalue weighted by molar-refractivity contribution is 6.24. The second-order valence-corrected chi connectivity index (χ2v) is 11.3. The van der Waals surface area contributed by atoms with Crippen LogP contribution in [-0.4, -0.2) is 22.3 Å². The quantitative estimate of drug-likeness (QED) is 0.292. The maximum atomic E-state index is 12.7. The molecule has 0 spiro atoms. The van der Waals surface area contributed by atoms with Crippen LogP contribution in [0.4, 0.5) is 0 Å². The van der Waals surface area contributed by atoms with Crippen molar-refractivity contribution in [1.82, 2.24) is 0 Å². The Labute approximate surface area is 202 Å². The van der Waals surface area contributed by atoms with Gasteiger partial charge in [0.05, 0.1) is 5.60 Å². The predicted molar refractivity (Wildman–Crippen MR) is 138 cm³/mol. The Kier molecular flexibility index (Phi) is 11.0. The van der Waals surface area contributed by atoms with E-state index in [0.29, 0.717) is 35.5 Å². The molecule has 0 aromatic heterocycles. The lowest BCUT2D eigenvalue weighted by Crippen LogP contribution is -2.26. The van der Waals surface area contributed by atoms with E-state index in [2.05, 4.69) is 27.7 Å². The third-order valence-corrected chi connectivity index (χ3v) is 7.25. The Morgan fingerprint density at radius 1 is 0.788 bits per heavy atom. The summed E-state index contributed by atoms with van der Waals surface area (Å²) in [7, 11) is 0. The standard InChI is InChI=1S/C30H46O3/c1-22(2)11-8-12-23(3)13-9-14-24(4)15-10-19-30(5,33)20-18-25-21-28(31)26-16-6-7-17-27(26)29(25)32/h6-7,16-17,21-24,33H,8-15,18-20H2,1-5H3. The lowest BCUT2D eigenvalue weighted by molar-refractivity contribution is 0.0384. The Hall–Kier alpha value is -1.74. The third-order valence-electron chi connectivity index (χ3n) is 7.25. The van der Waals surface area contributed by atoms with Gasteiger partial charge in [-0.1, -0.05) is 103 Å². The number of hydrogen-bond acceptors (Lipinski definition) is 3. The van der Waals surface area contributed by atoms with E-state index in [1.165, 1.54) is 44.6 Å². The molecular formula is C30H46O3. The van der Waals surface area contributed by atoms with Crippen LogP contribution in [0.25, 0.3) is 0 Å². The van der Waals surface area contributed by atoms with Crippen LogP contribution >= 0.6 is 0 Å². The van der Waals surface area contributed by atoms with Crippen molar-refractivity contribution in [3.05, 3.63) is 47.0 Å². The molecule has 3 nitrogen and oxygen atoms in total. The first-order chi connectivity index (χ1) is 15.6. The number of benzene rings is 1. The number of fused-ring (bicyclic) bond motifs is 1. The molecule has 0 aliphatic heterocycles. The summed E-state index contributed by atoms with van der Waals surface area (Å²) in [5.41, 5.74) is 0.681. The van der Waals surface area contributed by atoms with E-state index in [9.17, 15) is 14.7 Å². The summed E-state index contributed by atoms with van der Waals surface area (Å²) in [5, 5.41) is 10.9. The number of aliphatic hydroxyl groups is 1. The summed E-state index contributed by atoms with van der Waals surface area (Å²) >= 11 is 0. The van der Waals surface area contributed by atoms with Crippen LogP contribution in [0.2, 0.25) is 0 Å². The van der Waals surface area contributed by atoms with Gasteiger partial charge in [-0.05, 0) is 50.0 Å². The maximum Gasteiger partial charge on any atom is 0.189 e. The molecule has 0 radical (unpaired) electrons. The maximum absolute atomic E-state index is 12.7. The lowest BCUT2D eigenvalue weighted by Gasteiger charge is -2.25. The lowest BCUT2D eigenvalue weighted by atomic mass is 9.84. The van der Waals surface area contributed by atoms with Crippen LogP contribution < -0.4 is 0 Å². The Balaban J connectivity index is 1.66. The summed E-state index contributed by atoms with van der Waals surface area (Å²) in [5.74, 6) is 2.14. The van der Waals surface area contributed by atoms with Gasteiger partial charge in [0.15, 0.2) is 11.6 Å². The van der Waals surface area contributed by atoms with Crippen molar-refractivity contribution < 1.29 is 14.7 Å². The zero-order chi connectivity index (χ0) is 24.4. The van der Waals surface area contributed by atoms with Crippen molar-refractivity contribution in [1.29, 1.82) is 0 Å². The molecule has 1 aliphatic rings. The second-order valence-electron chi connectivity index (χ2n) is 11.3. The molecule has 2 rings (SSSR count). The van der Waals surface area contributed by atoms with Gasteiger partial charge in [0, 0.05) is 16.7 Å². The second kappa shape index (κ2) is 13.2. The first kappa shape index (κ1) is 27.5. The third kappa shape index (κ3) is 9.57. The smallest absolute Gasteiger partial charge is 0.189 e. The summed E-state index contributed by atoms with van der Waals surface area (Å²) in [6, 6.07) is 6.99. The minimum atomic E-state index is -0.814. The van der Waals surface area contributed by atoms with Crippen molar-refractivity contribution in [3.63, 3.8) is 0 Å². The molecule has 1 aliphatic carbocycles. The minimum Gasteiger partial charge on any atom is -0.390 e. The van der Waals surface area contributed by atoms with Gasteiger partial charge in [-0.15, -0.1) is 0 Å². The SMILES string of the molecule is CC(C)CCCC(C)CCCC(C)CCCC(C)(O)CCC1=CC(=O)c2ccccc2C1=O. The van der Waals surface area contributed by atoms with Gasteiger partial charge in [-0.2, -0.15) is 0 Å². The predicted octanol–water partition coefficient (Wildman–Crippen LogP) is 7.96. The molecule has 0 fully saturated rings. The van der Waals surface area contributed by atoms with Gasteiger partial charge >= 0.3 is 0 Å². The molecular weight excluding hydrogens is 408 g/mol. The van der Waals surface area contributed by atoms with E-state index >= 15 is 0 Å². The molecule has 0 heterocycles. The normalized spacial score (nSPS) is 17.5. The van der Waals surface area contributed by atoms with Crippen LogP contribution in [0.5, 0.6) is 0 Å². The van der Waals surface area contributed by atoms with Crippen molar-refractivity contribution in [2.45, 2.75) is 111 Å². The van der Waals surface area contributed by atoms with Crippen LogP contribution in [0.15, 0.2) is 35.9 Å². The first-order valence-corrected chi connectivity index (χ1v) is 13.2. The summed E-state index contributed by atoms with van der Waals surface area (Å²) < 4.78 is 0. The molecule has 0 saturated carbocycles.